The first-order valence-corrected chi connectivity index (χ1v) is 7.81. The molecule has 0 heterocycles. The standard InChI is InChI=1S/C19H19ClO3/c1-13(12-17(21)14-6-4-3-5-7-14)19(23-2)18(22)15-8-10-16(20)11-9-15/h3-11,13,19H,12H2,1-2H3/t13-,19-/m0/s1. The molecule has 0 saturated heterocycles. The molecule has 2 aromatic carbocycles. The molecule has 0 N–H and O–H groups in total. The highest BCUT2D eigenvalue weighted by Gasteiger charge is 2.27. The van der Waals surface area contributed by atoms with Crippen molar-refractivity contribution in [3.63, 3.8) is 0 Å². The van der Waals surface area contributed by atoms with E-state index < -0.39 is 6.10 Å². The summed E-state index contributed by atoms with van der Waals surface area (Å²) < 4.78 is 5.36. The molecule has 0 saturated carbocycles. The Bertz CT molecular complexity index is 665. The number of ketones is 2. The number of halogens is 1. The average Bonchev–Trinajstić information content (AvgIpc) is 2.56. The van der Waals surface area contributed by atoms with Gasteiger partial charge in [-0.25, -0.2) is 0 Å². The molecular weight excluding hydrogens is 312 g/mol. The number of hydrogen-bond acceptors (Lipinski definition) is 3. The SMILES string of the molecule is CO[C@H](C(=O)c1ccc(Cl)cc1)[C@@H](C)CC(=O)c1ccccc1. The second-order valence-electron chi connectivity index (χ2n) is 5.50. The molecule has 0 unspecified atom stereocenters. The number of ether oxygens (including phenoxy) is 1. The van der Waals surface area contributed by atoms with Gasteiger partial charge in [0.15, 0.2) is 11.6 Å². The number of hydrogen-bond donors (Lipinski definition) is 0. The zero-order chi connectivity index (χ0) is 16.8. The van der Waals surface area contributed by atoms with Crippen LogP contribution in [0.1, 0.15) is 34.1 Å². The maximum Gasteiger partial charge on any atom is 0.191 e. The van der Waals surface area contributed by atoms with E-state index in [4.69, 9.17) is 16.3 Å². The van der Waals surface area contributed by atoms with E-state index in [0.29, 0.717) is 16.1 Å². The summed E-state index contributed by atoms with van der Waals surface area (Å²) in [5.74, 6) is -0.363. The fraction of sp³-hybridized carbons (Fsp3) is 0.263. The average molecular weight is 331 g/mol. The van der Waals surface area contributed by atoms with E-state index in [9.17, 15) is 9.59 Å². The number of rotatable bonds is 7. The van der Waals surface area contributed by atoms with Gasteiger partial charge in [-0.3, -0.25) is 9.59 Å². The van der Waals surface area contributed by atoms with Crippen LogP contribution in [-0.2, 0) is 4.74 Å². The van der Waals surface area contributed by atoms with Crippen molar-refractivity contribution in [2.24, 2.45) is 5.92 Å². The van der Waals surface area contributed by atoms with Gasteiger partial charge in [0.1, 0.15) is 6.10 Å². The Morgan fingerprint density at radius 2 is 1.61 bits per heavy atom. The molecule has 2 rings (SSSR count). The lowest BCUT2D eigenvalue weighted by molar-refractivity contribution is 0.0408. The molecule has 23 heavy (non-hydrogen) atoms. The van der Waals surface area contributed by atoms with Gasteiger partial charge in [-0.1, -0.05) is 48.9 Å². The van der Waals surface area contributed by atoms with Crippen LogP contribution in [0, 0.1) is 5.92 Å². The van der Waals surface area contributed by atoms with Crippen molar-refractivity contribution in [2.75, 3.05) is 7.11 Å². The monoisotopic (exact) mass is 330 g/mol. The van der Waals surface area contributed by atoms with E-state index in [-0.39, 0.29) is 23.9 Å². The lowest BCUT2D eigenvalue weighted by Crippen LogP contribution is -2.31. The first-order valence-electron chi connectivity index (χ1n) is 7.43. The Hall–Kier alpha value is -1.97. The fourth-order valence-electron chi connectivity index (χ4n) is 2.52. The molecule has 0 radical (unpaired) electrons. The summed E-state index contributed by atoms with van der Waals surface area (Å²) in [6.07, 6.45) is -0.411. The van der Waals surface area contributed by atoms with Crippen molar-refractivity contribution in [3.05, 3.63) is 70.7 Å². The van der Waals surface area contributed by atoms with Gasteiger partial charge in [-0.2, -0.15) is 0 Å². The molecule has 0 aliphatic rings. The van der Waals surface area contributed by atoms with E-state index in [1.54, 1.807) is 36.4 Å². The van der Waals surface area contributed by atoms with Crippen LogP contribution < -0.4 is 0 Å². The van der Waals surface area contributed by atoms with Crippen molar-refractivity contribution in [3.8, 4) is 0 Å². The second-order valence-corrected chi connectivity index (χ2v) is 5.93. The predicted octanol–water partition coefficient (Wildman–Crippen LogP) is 4.45. The normalized spacial score (nSPS) is 13.3. The molecule has 2 aromatic rings. The third-order valence-electron chi connectivity index (χ3n) is 3.76. The summed E-state index contributed by atoms with van der Waals surface area (Å²) in [5.41, 5.74) is 1.17. The number of Topliss-reactive ketones (excluding diaryl/α,β-unsaturated/α-hetero) is 2. The molecule has 0 bridgehead atoms. The van der Waals surface area contributed by atoms with Crippen LogP contribution in [0.15, 0.2) is 54.6 Å². The van der Waals surface area contributed by atoms with E-state index in [2.05, 4.69) is 0 Å². The third kappa shape index (κ3) is 4.50. The predicted molar refractivity (Wildman–Crippen MR) is 91.1 cm³/mol. The topological polar surface area (TPSA) is 43.4 Å². The molecule has 0 spiro atoms. The molecule has 0 fully saturated rings. The van der Waals surface area contributed by atoms with Crippen molar-refractivity contribution in [1.82, 2.24) is 0 Å². The Balaban J connectivity index is 2.09. The second kappa shape index (κ2) is 8.04. The minimum Gasteiger partial charge on any atom is -0.373 e. The smallest absolute Gasteiger partial charge is 0.191 e. The molecule has 0 amide bonds. The molecule has 0 aliphatic heterocycles. The van der Waals surface area contributed by atoms with Gasteiger partial charge in [0, 0.05) is 29.7 Å². The number of carbonyl (C=O) groups excluding carboxylic acids is 2. The van der Waals surface area contributed by atoms with Crippen LogP contribution in [0.3, 0.4) is 0 Å². The highest BCUT2D eigenvalue weighted by molar-refractivity contribution is 6.30. The van der Waals surface area contributed by atoms with E-state index >= 15 is 0 Å². The maximum atomic E-state index is 12.6. The Labute approximate surface area is 141 Å². The highest BCUT2D eigenvalue weighted by Crippen LogP contribution is 2.20. The minimum absolute atomic E-state index is 0.00376. The van der Waals surface area contributed by atoms with E-state index in [0.717, 1.165) is 0 Å². The van der Waals surface area contributed by atoms with Gasteiger partial charge in [0.25, 0.3) is 0 Å². The molecule has 120 valence electrons. The molecule has 0 aliphatic carbocycles. The van der Waals surface area contributed by atoms with Crippen LogP contribution in [0.4, 0.5) is 0 Å². The minimum atomic E-state index is -0.663. The van der Waals surface area contributed by atoms with Crippen LogP contribution in [-0.4, -0.2) is 24.8 Å². The Morgan fingerprint density at radius 3 is 2.17 bits per heavy atom. The number of benzene rings is 2. The molecular formula is C19H19ClO3. The van der Waals surface area contributed by atoms with Gasteiger partial charge in [0.05, 0.1) is 0 Å². The number of carbonyl (C=O) groups is 2. The zero-order valence-electron chi connectivity index (χ0n) is 13.2. The van der Waals surface area contributed by atoms with Crippen molar-refractivity contribution >= 4 is 23.2 Å². The highest BCUT2D eigenvalue weighted by atomic mass is 35.5. The Morgan fingerprint density at radius 1 is 1.00 bits per heavy atom. The maximum absolute atomic E-state index is 12.6. The number of methoxy groups -OCH3 is 1. The van der Waals surface area contributed by atoms with Gasteiger partial charge in [-0.15, -0.1) is 0 Å². The summed E-state index contributed by atoms with van der Waals surface area (Å²) in [4.78, 5) is 24.9. The quantitative estimate of drug-likeness (QED) is 0.704. The zero-order valence-corrected chi connectivity index (χ0v) is 13.9. The molecule has 4 heteroatoms. The first kappa shape index (κ1) is 17.4. The van der Waals surface area contributed by atoms with E-state index in [1.165, 1.54) is 7.11 Å². The van der Waals surface area contributed by atoms with Crippen LogP contribution in [0.2, 0.25) is 5.02 Å². The summed E-state index contributed by atoms with van der Waals surface area (Å²) in [6.45, 7) is 1.85. The van der Waals surface area contributed by atoms with Crippen molar-refractivity contribution in [2.45, 2.75) is 19.4 Å². The fourth-order valence-corrected chi connectivity index (χ4v) is 2.64. The summed E-state index contributed by atoms with van der Waals surface area (Å²) in [6, 6.07) is 15.7. The molecule has 3 nitrogen and oxygen atoms in total. The van der Waals surface area contributed by atoms with Gasteiger partial charge in [0.2, 0.25) is 0 Å². The van der Waals surface area contributed by atoms with Gasteiger partial charge >= 0.3 is 0 Å². The van der Waals surface area contributed by atoms with Crippen LogP contribution in [0.25, 0.3) is 0 Å². The van der Waals surface area contributed by atoms with Crippen molar-refractivity contribution < 1.29 is 14.3 Å². The lowest BCUT2D eigenvalue weighted by Gasteiger charge is -2.21. The summed E-state index contributed by atoms with van der Waals surface area (Å²) in [5, 5.41) is 0.572. The van der Waals surface area contributed by atoms with Crippen LogP contribution >= 0.6 is 11.6 Å². The largest absolute Gasteiger partial charge is 0.373 e. The Kier molecular flexibility index (Phi) is 6.08. The van der Waals surface area contributed by atoms with Gasteiger partial charge < -0.3 is 4.74 Å². The first-order chi connectivity index (χ1) is 11.0. The van der Waals surface area contributed by atoms with Gasteiger partial charge in [-0.05, 0) is 30.2 Å². The molecule has 0 aromatic heterocycles. The van der Waals surface area contributed by atoms with Crippen LogP contribution in [0.5, 0.6) is 0 Å². The van der Waals surface area contributed by atoms with E-state index in [1.807, 2.05) is 25.1 Å². The lowest BCUT2D eigenvalue weighted by atomic mass is 9.90. The summed E-state index contributed by atoms with van der Waals surface area (Å²) >= 11 is 5.84. The van der Waals surface area contributed by atoms with Crippen molar-refractivity contribution in [1.29, 1.82) is 0 Å². The molecule has 2 atom stereocenters. The third-order valence-corrected chi connectivity index (χ3v) is 4.01. The summed E-state index contributed by atoms with van der Waals surface area (Å²) in [7, 11) is 1.49.